The molecule has 2 aromatic heterocycles. The van der Waals surface area contributed by atoms with Crippen LogP contribution in [0.1, 0.15) is 300 Å². The van der Waals surface area contributed by atoms with Crippen molar-refractivity contribution in [3.63, 3.8) is 0 Å². The number of aromatic nitrogens is 2. The minimum Gasteiger partial charge on any atom is -0.873 e. The fourth-order valence-corrected chi connectivity index (χ4v) is 11.9. The second kappa shape index (κ2) is 33.8. The third kappa shape index (κ3) is 19.6. The smallest absolute Gasteiger partial charge is 0.0657 e. The maximum Gasteiger partial charge on any atom is 0.0657 e. The summed E-state index contributed by atoms with van der Waals surface area (Å²) in [6, 6.07) is 42.0. The molecule has 0 fully saturated rings. The van der Waals surface area contributed by atoms with Crippen molar-refractivity contribution in [1.29, 1.82) is 0 Å². The van der Waals surface area contributed by atoms with Crippen molar-refractivity contribution in [3.05, 3.63) is 211 Å². The van der Waals surface area contributed by atoms with Gasteiger partial charge < -0.3 is 31.5 Å². The Balaban J connectivity index is 0.000000317. The van der Waals surface area contributed by atoms with Crippen LogP contribution in [0.3, 0.4) is 0 Å². The van der Waals surface area contributed by atoms with Gasteiger partial charge in [-0.15, -0.1) is 11.5 Å². The number of hydrogen-bond donors (Lipinski definition) is 4. The van der Waals surface area contributed by atoms with E-state index in [1.165, 1.54) is 102 Å². The monoisotopic (exact) mass is 1300 g/mol. The molecule has 0 amide bonds. The van der Waals surface area contributed by atoms with Crippen molar-refractivity contribution in [2.45, 2.75) is 238 Å². The SMILES string of the molecule is Cc1cc(C(C)C)c(NC(C)c2cccc(C(C)Nc3c(C(C)C)cc(C)cc3C(C)C)n2)c(C(C)C)c1.Cc1cc(C(C)C)c(NC(C)c2cccc(C(C)Nc3c(C(C)C)cc(C)cc3C(C)C)n2)c(C(C)C)c1.[Co].[Co].[O-]c1cc2ccccc2cc1[O-]. The quantitative estimate of drug-likeness (QED) is 0.0596. The fourth-order valence-electron chi connectivity index (χ4n) is 11.9. The van der Waals surface area contributed by atoms with E-state index in [9.17, 15) is 10.2 Å². The van der Waals surface area contributed by atoms with Gasteiger partial charge in [0.25, 0.3) is 0 Å². The molecule has 0 aliphatic heterocycles. The Morgan fingerprint density at radius 1 is 0.267 bits per heavy atom. The molecule has 0 bridgehead atoms. The van der Waals surface area contributed by atoms with Crippen LogP contribution in [-0.4, -0.2) is 9.97 Å². The summed E-state index contributed by atoms with van der Waals surface area (Å²) < 4.78 is 0. The van der Waals surface area contributed by atoms with Crippen molar-refractivity contribution in [3.8, 4) is 11.5 Å². The van der Waals surface area contributed by atoms with Crippen LogP contribution in [0.2, 0.25) is 0 Å². The fraction of sp³-hybridized carbons (Fsp3) is 0.450. The molecular formula is C80H108Co2N6O2-2. The number of rotatable bonds is 20. The minimum absolute atomic E-state index is 0. The van der Waals surface area contributed by atoms with Crippen molar-refractivity contribution in [1.82, 2.24) is 9.97 Å². The van der Waals surface area contributed by atoms with E-state index in [2.05, 4.69) is 272 Å². The molecule has 8 aromatic rings. The maximum absolute atomic E-state index is 10.9. The Hall–Kier alpha value is -6.31. The van der Waals surface area contributed by atoms with E-state index in [1.807, 2.05) is 24.3 Å². The van der Waals surface area contributed by atoms with Gasteiger partial charge in [-0.05, 0) is 182 Å². The second-order valence-electron chi connectivity index (χ2n) is 27.6. The number of nitrogens with one attached hydrogen (secondary N) is 4. The van der Waals surface area contributed by atoms with Crippen LogP contribution >= 0.6 is 0 Å². The molecule has 0 aliphatic rings. The molecule has 4 atom stereocenters. The number of benzene rings is 6. The van der Waals surface area contributed by atoms with E-state index >= 15 is 0 Å². The molecule has 10 heteroatoms. The first-order valence-electron chi connectivity index (χ1n) is 32.8. The summed E-state index contributed by atoms with van der Waals surface area (Å²) in [5.74, 6) is 2.72. The largest absolute Gasteiger partial charge is 0.873 e. The molecule has 90 heavy (non-hydrogen) atoms. The van der Waals surface area contributed by atoms with E-state index in [0.29, 0.717) is 47.3 Å². The van der Waals surface area contributed by atoms with Crippen LogP contribution in [0, 0.1) is 27.7 Å². The van der Waals surface area contributed by atoms with E-state index < -0.39 is 11.5 Å². The molecule has 8 rings (SSSR count). The molecule has 0 aliphatic carbocycles. The number of hydrogen-bond acceptors (Lipinski definition) is 8. The van der Waals surface area contributed by atoms with Gasteiger partial charge in [0.05, 0.1) is 46.9 Å². The van der Waals surface area contributed by atoms with Crippen LogP contribution in [0.15, 0.2) is 121 Å². The molecular weight excluding hydrogens is 1190 g/mol. The number of pyridine rings is 2. The molecule has 4 N–H and O–H groups in total. The van der Waals surface area contributed by atoms with Gasteiger partial charge in [0.15, 0.2) is 0 Å². The minimum atomic E-state index is -0.436. The Labute approximate surface area is 564 Å². The molecule has 0 spiro atoms. The molecule has 2 radical (unpaired) electrons. The summed E-state index contributed by atoms with van der Waals surface area (Å²) >= 11 is 0. The average Bonchev–Trinajstić information content (AvgIpc) is 1.59. The zero-order chi connectivity index (χ0) is 65.2. The van der Waals surface area contributed by atoms with Crippen LogP contribution in [0.5, 0.6) is 11.5 Å². The van der Waals surface area contributed by atoms with E-state index in [-0.39, 0.29) is 57.7 Å². The standard InChI is InChI=1S/2C35H51N3.C10H8O2.2Co/c2*1-20(2)28-16-24(9)17-29(21(3)4)34(28)36-26(11)32-14-13-15-33(38-32)27(12)37-35-30(22(5)6)18-25(10)19-31(35)23(7)8;11-9-5-7-3-1-2-4-8(7)6-10(9)12;;/h2*13-23,26-27,36-37H,1-12H3;1-6,11-12H;;/p-2. The predicted molar refractivity (Wildman–Crippen MR) is 377 cm³/mol. The first kappa shape index (κ1) is 76.1. The third-order valence-corrected chi connectivity index (χ3v) is 17.0. The summed E-state index contributed by atoms with van der Waals surface area (Å²) in [7, 11) is 0. The van der Waals surface area contributed by atoms with Crippen LogP contribution in [-0.2, 0) is 33.6 Å². The van der Waals surface area contributed by atoms with Gasteiger partial charge in [-0.1, -0.05) is 230 Å². The summed E-state index contributed by atoms with van der Waals surface area (Å²) in [6.07, 6.45) is 0. The van der Waals surface area contributed by atoms with Gasteiger partial charge in [-0.3, -0.25) is 9.97 Å². The first-order valence-corrected chi connectivity index (χ1v) is 32.8. The summed E-state index contributed by atoms with van der Waals surface area (Å²) in [5, 5.41) is 39.0. The van der Waals surface area contributed by atoms with Gasteiger partial charge in [0.2, 0.25) is 0 Å². The third-order valence-electron chi connectivity index (χ3n) is 17.0. The Kier molecular flexibility index (Phi) is 28.6. The molecule has 0 saturated carbocycles. The average molecular weight is 1300 g/mol. The first-order chi connectivity index (χ1) is 41.4. The molecule has 2 heterocycles. The zero-order valence-electron chi connectivity index (χ0n) is 58.9. The van der Waals surface area contributed by atoms with E-state index in [1.54, 1.807) is 0 Å². The Morgan fingerprint density at radius 3 is 0.611 bits per heavy atom. The topological polar surface area (TPSA) is 120 Å². The predicted octanol–water partition coefficient (Wildman–Crippen LogP) is 22.1. The van der Waals surface area contributed by atoms with Crippen LogP contribution in [0.4, 0.5) is 22.7 Å². The van der Waals surface area contributed by atoms with Gasteiger partial charge in [-0.25, -0.2) is 0 Å². The second-order valence-corrected chi connectivity index (χ2v) is 27.6. The molecule has 8 nitrogen and oxygen atoms in total. The number of fused-ring (bicyclic) bond motifs is 1. The summed E-state index contributed by atoms with van der Waals surface area (Å²) in [4.78, 5) is 10.3. The molecule has 490 valence electrons. The summed E-state index contributed by atoms with van der Waals surface area (Å²) in [6.45, 7) is 54.2. The normalized spacial score (nSPS) is 12.8. The Morgan fingerprint density at radius 2 is 0.444 bits per heavy atom. The van der Waals surface area contributed by atoms with E-state index in [4.69, 9.17) is 9.97 Å². The van der Waals surface area contributed by atoms with Crippen LogP contribution in [0.25, 0.3) is 10.8 Å². The Bertz CT molecular complexity index is 3080. The van der Waals surface area contributed by atoms with Crippen molar-refractivity contribution >= 4 is 33.5 Å². The molecule has 6 aromatic carbocycles. The van der Waals surface area contributed by atoms with E-state index in [0.717, 1.165) is 33.5 Å². The van der Waals surface area contributed by atoms with Crippen LogP contribution < -0.4 is 31.5 Å². The van der Waals surface area contributed by atoms with Gasteiger partial charge in [0.1, 0.15) is 0 Å². The summed E-state index contributed by atoms with van der Waals surface area (Å²) in [5.41, 5.74) is 25.7. The van der Waals surface area contributed by atoms with Gasteiger partial charge in [-0.2, -0.15) is 0 Å². The van der Waals surface area contributed by atoms with Gasteiger partial charge >= 0.3 is 0 Å². The maximum atomic E-state index is 10.9. The van der Waals surface area contributed by atoms with Crippen molar-refractivity contribution < 1.29 is 43.8 Å². The number of nitrogens with zero attached hydrogens (tertiary/aromatic N) is 2. The zero-order valence-corrected chi connectivity index (χ0v) is 60.9. The molecule has 4 unspecified atom stereocenters. The number of aryl methyl sites for hydroxylation is 4. The molecule has 0 saturated heterocycles. The van der Waals surface area contributed by atoms with Crippen molar-refractivity contribution in [2.24, 2.45) is 0 Å². The number of anilines is 4. The van der Waals surface area contributed by atoms with Crippen molar-refractivity contribution in [2.75, 3.05) is 21.3 Å². The van der Waals surface area contributed by atoms with Gasteiger partial charge in [0, 0.05) is 56.3 Å².